The molecule has 18 heavy (non-hydrogen) atoms. The molecule has 0 unspecified atom stereocenters. The van der Waals surface area contributed by atoms with Gasteiger partial charge < -0.3 is 10.4 Å². The molecule has 2 aliphatic rings. The summed E-state index contributed by atoms with van der Waals surface area (Å²) in [7, 11) is 0. The zero-order chi connectivity index (χ0) is 12.5. The molecule has 0 amide bonds. The van der Waals surface area contributed by atoms with Crippen LogP contribution in [0.4, 0.5) is 0 Å². The van der Waals surface area contributed by atoms with Crippen molar-refractivity contribution in [1.82, 2.24) is 0 Å². The maximum absolute atomic E-state index is 8.11. The van der Waals surface area contributed by atoms with Crippen molar-refractivity contribution >= 4 is 0 Å². The average molecular weight is 342 g/mol. The number of nitrogens with zero attached hydrogens (tertiary/aromatic N) is 2. The minimum Gasteiger partial charge on any atom is -0.379 e. The predicted octanol–water partition coefficient (Wildman–Crippen LogP) is 2.32. The van der Waals surface area contributed by atoms with Crippen LogP contribution in [-0.4, -0.2) is 10.4 Å². The molecule has 0 heterocycles. The Morgan fingerprint density at radius 3 is 0.611 bits per heavy atom. The van der Waals surface area contributed by atoms with E-state index < -0.39 is 0 Å². The van der Waals surface area contributed by atoms with E-state index in [1.54, 1.807) is 0 Å². The first kappa shape index (κ1) is 26.4. The molecule has 0 bridgehead atoms. The second kappa shape index (κ2) is 30.1. The molecule has 0 aromatic rings. The van der Waals surface area contributed by atoms with Gasteiger partial charge in [-0.15, -0.1) is 9.81 Å². The van der Waals surface area contributed by atoms with Gasteiger partial charge in [-0.25, -0.2) is 0 Å². The van der Waals surface area contributed by atoms with E-state index in [2.05, 4.69) is 0 Å². The van der Waals surface area contributed by atoms with Gasteiger partial charge in [-0.2, -0.15) is 0 Å². The maximum atomic E-state index is 8.11. The van der Waals surface area contributed by atoms with Gasteiger partial charge in [-0.3, -0.25) is 0 Å². The van der Waals surface area contributed by atoms with Gasteiger partial charge >= 0.3 is 0 Å². The minimum atomic E-state index is 0. The molecular formula is C10H12Co2N2O4. The summed E-state index contributed by atoms with van der Waals surface area (Å²) in [5, 5.41) is 15.8. The van der Waals surface area contributed by atoms with Crippen LogP contribution in [0.15, 0.2) is 10.7 Å². The molecule has 0 spiro atoms. The summed E-state index contributed by atoms with van der Waals surface area (Å²) in [5.41, 5.74) is 0. The zero-order valence-electron chi connectivity index (χ0n) is 9.05. The van der Waals surface area contributed by atoms with Gasteiger partial charge in [0.15, 0.2) is 10.7 Å². The largest absolute Gasteiger partial charge is 0.379 e. The van der Waals surface area contributed by atoms with Crippen LogP contribution in [0.25, 0.3) is 0 Å². The van der Waals surface area contributed by atoms with Crippen LogP contribution in [0.3, 0.4) is 0 Å². The molecule has 2 aliphatic carbocycles. The van der Waals surface area contributed by atoms with Crippen LogP contribution in [0.1, 0.15) is 0 Å². The Balaban J connectivity index is -0.0000000725. The van der Waals surface area contributed by atoms with Gasteiger partial charge in [0, 0.05) is 33.6 Å². The molecular weight excluding hydrogens is 330 g/mol. The summed E-state index contributed by atoms with van der Waals surface area (Å²) in [6.45, 7) is 0. The van der Waals surface area contributed by atoms with E-state index in [0.717, 1.165) is 0 Å². The summed E-state index contributed by atoms with van der Waals surface area (Å²) < 4.78 is 0. The molecule has 0 aliphatic heterocycles. The second-order valence-electron chi connectivity index (χ2n) is 2.09. The molecule has 0 saturated heterocycles. The summed E-state index contributed by atoms with van der Waals surface area (Å²) >= 11 is 0. The second-order valence-corrected chi connectivity index (χ2v) is 2.09. The Labute approximate surface area is 129 Å². The van der Waals surface area contributed by atoms with E-state index in [4.69, 9.17) is 20.2 Å². The molecule has 0 aromatic heterocycles. The smallest absolute Gasteiger partial charge is 0.152 e. The average Bonchev–Trinajstić information content (AvgIpc) is 3.00. The van der Waals surface area contributed by atoms with Crippen LogP contribution >= 0.6 is 0 Å². The molecule has 104 valence electrons. The maximum Gasteiger partial charge on any atom is 0.152 e. The van der Waals surface area contributed by atoms with E-state index in [1.807, 2.05) is 64.2 Å². The van der Waals surface area contributed by atoms with E-state index in [0.29, 0.717) is 0 Å². The first-order valence-electron chi connectivity index (χ1n) is 4.10. The van der Waals surface area contributed by atoms with E-state index in [1.165, 1.54) is 10.7 Å². The van der Waals surface area contributed by atoms with Crippen LogP contribution < -0.4 is 0 Å². The molecule has 2 saturated carbocycles. The Kier molecular flexibility index (Phi) is 44.2. The zero-order valence-corrected chi connectivity index (χ0v) is 11.1. The van der Waals surface area contributed by atoms with Crippen molar-refractivity contribution < 1.29 is 44.0 Å². The normalized spacial score (nSPS) is 14.7. The Morgan fingerprint density at radius 2 is 0.556 bits per heavy atom. The van der Waals surface area contributed by atoms with Crippen molar-refractivity contribution in [1.29, 1.82) is 0 Å². The van der Waals surface area contributed by atoms with Crippen molar-refractivity contribution in [2.45, 2.75) is 0 Å². The monoisotopic (exact) mass is 342 g/mol. The first-order valence-corrected chi connectivity index (χ1v) is 4.10. The van der Waals surface area contributed by atoms with Crippen LogP contribution in [0, 0.1) is 74.0 Å². The third-order valence-corrected chi connectivity index (χ3v) is 1.11. The molecule has 12 radical (unpaired) electrons. The SMILES string of the molecule is O=NO.O=NO.[CH]1[CH][CH][CH][CH]1.[CH]1[CH][CH][CH][CH]1.[Co].[Co]. The van der Waals surface area contributed by atoms with Crippen molar-refractivity contribution in [3.63, 3.8) is 0 Å². The fourth-order valence-electron chi connectivity index (χ4n) is 0.642. The third kappa shape index (κ3) is 36.0. The minimum absolute atomic E-state index is 0. The summed E-state index contributed by atoms with van der Waals surface area (Å²) in [6.07, 6.45) is 20.0. The van der Waals surface area contributed by atoms with Gasteiger partial charge in [0.25, 0.3) is 0 Å². The van der Waals surface area contributed by atoms with Gasteiger partial charge in [0.2, 0.25) is 0 Å². The topological polar surface area (TPSA) is 99.3 Å². The van der Waals surface area contributed by atoms with E-state index >= 15 is 0 Å². The Hall–Kier alpha value is -0.187. The van der Waals surface area contributed by atoms with Crippen LogP contribution in [-0.2, 0) is 33.6 Å². The predicted molar refractivity (Wildman–Crippen MR) is 58.2 cm³/mol. The van der Waals surface area contributed by atoms with Crippen molar-refractivity contribution in [2.24, 2.45) is 10.7 Å². The third-order valence-electron chi connectivity index (χ3n) is 1.11. The van der Waals surface area contributed by atoms with Gasteiger partial charge in [-0.1, -0.05) is 0 Å². The summed E-state index contributed by atoms with van der Waals surface area (Å²) in [4.78, 5) is 16.2. The number of rotatable bonds is 0. The van der Waals surface area contributed by atoms with Gasteiger partial charge in [-0.05, 0) is 64.2 Å². The molecule has 0 atom stereocenters. The van der Waals surface area contributed by atoms with Crippen molar-refractivity contribution in [3.8, 4) is 0 Å². The van der Waals surface area contributed by atoms with Gasteiger partial charge in [0.05, 0.1) is 0 Å². The number of hydrogen-bond donors (Lipinski definition) is 2. The Bertz CT molecular complexity index is 115. The number of hydrogen-bond acceptors (Lipinski definition) is 4. The molecule has 6 nitrogen and oxygen atoms in total. The van der Waals surface area contributed by atoms with Crippen LogP contribution in [0.2, 0.25) is 0 Å². The first-order chi connectivity index (χ1) is 7.83. The Morgan fingerprint density at radius 1 is 0.500 bits per heavy atom. The van der Waals surface area contributed by atoms with Crippen LogP contribution in [0.5, 0.6) is 0 Å². The molecule has 0 aromatic carbocycles. The van der Waals surface area contributed by atoms with Crippen molar-refractivity contribution in [2.75, 3.05) is 0 Å². The fourth-order valence-corrected chi connectivity index (χ4v) is 0.642. The fraction of sp³-hybridized carbons (Fsp3) is 0. The quantitative estimate of drug-likeness (QED) is 0.521. The summed E-state index contributed by atoms with van der Waals surface area (Å²) in [6, 6.07) is 0. The molecule has 2 rings (SSSR count). The summed E-state index contributed by atoms with van der Waals surface area (Å²) in [5.74, 6) is 0. The van der Waals surface area contributed by atoms with Gasteiger partial charge in [0.1, 0.15) is 0 Å². The van der Waals surface area contributed by atoms with E-state index in [9.17, 15) is 0 Å². The molecule has 8 heteroatoms. The molecule has 2 N–H and O–H groups in total. The van der Waals surface area contributed by atoms with Crippen molar-refractivity contribution in [3.05, 3.63) is 74.0 Å². The molecule has 2 fully saturated rings. The standard InChI is InChI=1S/2C5H5.2Co.2HNO2/c2*1-2-4-5-3-1;;;2*2-1-3/h2*1-5H;;;2*(H,2,3). The van der Waals surface area contributed by atoms with E-state index in [-0.39, 0.29) is 33.6 Å².